The normalized spacial score (nSPS) is 30.6. The van der Waals surface area contributed by atoms with Gasteiger partial charge in [0.25, 0.3) is 0 Å². The average molecular weight is 344 g/mol. The Balaban J connectivity index is 2.05. The van der Waals surface area contributed by atoms with Crippen LogP contribution in [0.2, 0.25) is 0 Å². The maximum atomic E-state index is 12.0. The van der Waals surface area contributed by atoms with E-state index >= 15 is 0 Å². The average Bonchev–Trinajstić information content (AvgIpc) is 2.60. The quantitative estimate of drug-likeness (QED) is 0.774. The second-order valence-corrected chi connectivity index (χ2v) is 8.88. The maximum absolute atomic E-state index is 12.0. The van der Waals surface area contributed by atoms with Crippen LogP contribution in [0.25, 0.3) is 0 Å². The van der Waals surface area contributed by atoms with Gasteiger partial charge < -0.3 is 4.90 Å². The largest absolute Gasteiger partial charge is 0.364 e. The first kappa shape index (κ1) is 13.4. The highest BCUT2D eigenvalue weighted by atomic mass is 79.9. The number of halogens is 1. The minimum Gasteiger partial charge on any atom is -0.364 e. The molecule has 0 spiro atoms. The zero-order valence-electron chi connectivity index (χ0n) is 10.9. The van der Waals surface area contributed by atoms with Crippen molar-refractivity contribution in [3.05, 3.63) is 24.3 Å². The standard InChI is InChI=1S/C14H18BrNO2S/c1-19(17,18)14-5-3-2-4-13(14)16-11-6-7-12(16)9-10(15)8-11/h2-5,10-12H,6-9H2,1H3. The number of alkyl halides is 1. The lowest BCUT2D eigenvalue weighted by molar-refractivity contribution is 0.480. The molecular formula is C14H18BrNO2S. The van der Waals surface area contributed by atoms with Crippen molar-refractivity contribution < 1.29 is 8.42 Å². The van der Waals surface area contributed by atoms with Gasteiger partial charge in [-0.3, -0.25) is 0 Å². The molecule has 0 saturated carbocycles. The first-order valence-electron chi connectivity index (χ1n) is 6.68. The molecule has 2 heterocycles. The Bertz CT molecular complexity index is 573. The molecule has 2 fully saturated rings. The number of anilines is 1. The van der Waals surface area contributed by atoms with Crippen molar-refractivity contribution in [1.29, 1.82) is 0 Å². The molecule has 2 saturated heterocycles. The fourth-order valence-electron chi connectivity index (χ4n) is 3.49. The molecule has 0 aliphatic carbocycles. The number of piperidine rings is 1. The van der Waals surface area contributed by atoms with Crippen LogP contribution in [0.3, 0.4) is 0 Å². The van der Waals surface area contributed by atoms with E-state index < -0.39 is 9.84 Å². The molecule has 0 aromatic heterocycles. The Kier molecular flexibility index (Phi) is 3.38. The van der Waals surface area contributed by atoms with E-state index in [2.05, 4.69) is 20.8 Å². The summed E-state index contributed by atoms with van der Waals surface area (Å²) in [7, 11) is -3.17. The number of para-hydroxylation sites is 1. The highest BCUT2D eigenvalue weighted by Crippen LogP contribution is 2.43. The van der Waals surface area contributed by atoms with Crippen molar-refractivity contribution in [2.75, 3.05) is 11.2 Å². The Morgan fingerprint density at radius 3 is 2.32 bits per heavy atom. The van der Waals surface area contributed by atoms with Crippen LogP contribution in [0.15, 0.2) is 29.2 Å². The topological polar surface area (TPSA) is 37.4 Å². The van der Waals surface area contributed by atoms with E-state index in [9.17, 15) is 8.42 Å². The number of nitrogens with zero attached hydrogens (tertiary/aromatic N) is 1. The van der Waals surface area contributed by atoms with Crippen LogP contribution in [0.5, 0.6) is 0 Å². The number of benzene rings is 1. The molecule has 1 aromatic carbocycles. The lowest BCUT2D eigenvalue weighted by Crippen LogP contribution is -2.43. The SMILES string of the molecule is CS(=O)(=O)c1ccccc1N1C2CCC1CC(Br)C2. The van der Waals surface area contributed by atoms with Gasteiger partial charge in [-0.15, -0.1) is 0 Å². The number of rotatable bonds is 2. The summed E-state index contributed by atoms with van der Waals surface area (Å²) in [5.41, 5.74) is 0.900. The van der Waals surface area contributed by atoms with Gasteiger partial charge in [-0.05, 0) is 37.8 Å². The van der Waals surface area contributed by atoms with Crippen LogP contribution in [-0.2, 0) is 9.84 Å². The summed E-state index contributed by atoms with van der Waals surface area (Å²) in [6.07, 6.45) is 5.85. The van der Waals surface area contributed by atoms with Gasteiger partial charge in [0.15, 0.2) is 9.84 Å². The molecule has 0 radical (unpaired) electrons. The van der Waals surface area contributed by atoms with Gasteiger partial charge in [0.1, 0.15) is 0 Å². The highest BCUT2D eigenvalue weighted by molar-refractivity contribution is 9.09. The van der Waals surface area contributed by atoms with Gasteiger partial charge in [-0.25, -0.2) is 8.42 Å². The molecule has 2 bridgehead atoms. The van der Waals surface area contributed by atoms with Crippen LogP contribution in [0, 0.1) is 0 Å². The van der Waals surface area contributed by atoms with Crippen molar-refractivity contribution in [3.63, 3.8) is 0 Å². The smallest absolute Gasteiger partial charge is 0.177 e. The molecule has 3 rings (SSSR count). The molecule has 2 aliphatic rings. The molecule has 104 valence electrons. The molecule has 19 heavy (non-hydrogen) atoms. The third-order valence-corrected chi connectivity index (χ3v) is 6.11. The summed E-state index contributed by atoms with van der Waals surface area (Å²) in [5.74, 6) is 0. The van der Waals surface area contributed by atoms with Gasteiger partial charge in [-0.1, -0.05) is 28.1 Å². The summed E-state index contributed by atoms with van der Waals surface area (Å²) in [4.78, 5) is 3.40. The van der Waals surface area contributed by atoms with Crippen molar-refractivity contribution >= 4 is 31.5 Å². The predicted molar refractivity (Wildman–Crippen MR) is 80.8 cm³/mol. The molecule has 5 heteroatoms. The highest BCUT2D eigenvalue weighted by Gasteiger charge is 2.41. The van der Waals surface area contributed by atoms with Crippen LogP contribution in [-0.4, -0.2) is 31.6 Å². The molecular weight excluding hydrogens is 326 g/mol. The first-order chi connectivity index (χ1) is 8.97. The van der Waals surface area contributed by atoms with Crippen LogP contribution < -0.4 is 4.90 Å². The lowest BCUT2D eigenvalue weighted by Gasteiger charge is -2.39. The summed E-state index contributed by atoms with van der Waals surface area (Å²) in [6.45, 7) is 0. The van der Waals surface area contributed by atoms with Gasteiger partial charge in [0.05, 0.1) is 10.6 Å². The Labute approximate surface area is 123 Å². The maximum Gasteiger partial charge on any atom is 0.177 e. The summed E-state index contributed by atoms with van der Waals surface area (Å²) >= 11 is 3.72. The van der Waals surface area contributed by atoms with Crippen LogP contribution >= 0.6 is 15.9 Å². The Morgan fingerprint density at radius 1 is 1.16 bits per heavy atom. The third kappa shape index (κ3) is 2.42. The molecule has 1 aromatic rings. The first-order valence-corrected chi connectivity index (χ1v) is 9.49. The summed E-state index contributed by atoms with van der Waals surface area (Å²) in [6, 6.07) is 8.38. The molecule has 2 atom stereocenters. The van der Waals surface area contributed by atoms with Crippen molar-refractivity contribution in [2.24, 2.45) is 0 Å². The van der Waals surface area contributed by atoms with E-state index in [4.69, 9.17) is 0 Å². The molecule has 2 unspecified atom stereocenters. The number of hydrogen-bond acceptors (Lipinski definition) is 3. The Hall–Kier alpha value is -0.550. The van der Waals surface area contributed by atoms with Crippen molar-refractivity contribution in [3.8, 4) is 0 Å². The van der Waals surface area contributed by atoms with E-state index in [-0.39, 0.29) is 0 Å². The van der Waals surface area contributed by atoms with Crippen molar-refractivity contribution in [2.45, 2.75) is 47.5 Å². The van der Waals surface area contributed by atoms with E-state index in [1.807, 2.05) is 12.1 Å². The predicted octanol–water partition coefficient (Wildman–Crippen LogP) is 2.98. The van der Waals surface area contributed by atoms with E-state index in [1.165, 1.54) is 19.1 Å². The Morgan fingerprint density at radius 2 is 1.74 bits per heavy atom. The summed E-state index contributed by atoms with van der Waals surface area (Å²) < 4.78 is 23.9. The van der Waals surface area contributed by atoms with Gasteiger partial charge in [0.2, 0.25) is 0 Å². The molecule has 0 N–H and O–H groups in total. The minimum atomic E-state index is -3.17. The van der Waals surface area contributed by atoms with E-state index in [0.717, 1.165) is 18.5 Å². The number of fused-ring (bicyclic) bond motifs is 2. The van der Waals surface area contributed by atoms with Crippen molar-refractivity contribution in [1.82, 2.24) is 0 Å². The van der Waals surface area contributed by atoms with Crippen LogP contribution in [0.4, 0.5) is 5.69 Å². The van der Waals surface area contributed by atoms with Gasteiger partial charge >= 0.3 is 0 Å². The zero-order chi connectivity index (χ0) is 13.6. The van der Waals surface area contributed by atoms with E-state index in [1.54, 1.807) is 12.1 Å². The van der Waals surface area contributed by atoms with Gasteiger partial charge in [-0.2, -0.15) is 0 Å². The molecule has 3 nitrogen and oxygen atoms in total. The zero-order valence-corrected chi connectivity index (χ0v) is 13.3. The molecule has 0 amide bonds. The fourth-order valence-corrected chi connectivity index (χ4v) is 5.23. The third-order valence-electron chi connectivity index (χ3n) is 4.22. The second kappa shape index (κ2) is 4.77. The fraction of sp³-hybridized carbons (Fsp3) is 0.571. The van der Waals surface area contributed by atoms with E-state index in [0.29, 0.717) is 21.8 Å². The van der Waals surface area contributed by atoms with Gasteiger partial charge in [0, 0.05) is 23.2 Å². The monoisotopic (exact) mass is 343 g/mol. The number of hydrogen-bond donors (Lipinski definition) is 0. The second-order valence-electron chi connectivity index (χ2n) is 5.60. The number of sulfone groups is 1. The minimum absolute atomic E-state index is 0.472. The van der Waals surface area contributed by atoms with Crippen LogP contribution in [0.1, 0.15) is 25.7 Å². The molecule has 2 aliphatic heterocycles. The lowest BCUT2D eigenvalue weighted by atomic mass is 10.0. The summed E-state index contributed by atoms with van der Waals surface area (Å²) in [5, 5.41) is 0.